The number of esters is 1. The highest BCUT2D eigenvalue weighted by Gasteiger charge is 2.14. The first-order valence-corrected chi connectivity index (χ1v) is 4.97. The molecule has 0 atom stereocenters. The van der Waals surface area contributed by atoms with Crippen LogP contribution in [-0.4, -0.2) is 11.6 Å². The fourth-order valence-electron chi connectivity index (χ4n) is 1.04. The lowest BCUT2D eigenvalue weighted by Crippen LogP contribution is -2.22. The first kappa shape index (κ1) is 12.1. The van der Waals surface area contributed by atoms with Gasteiger partial charge < -0.3 is 10.5 Å². The van der Waals surface area contributed by atoms with Crippen molar-refractivity contribution >= 4 is 11.7 Å². The molecule has 3 nitrogen and oxygen atoms in total. The summed E-state index contributed by atoms with van der Waals surface area (Å²) >= 11 is 0. The van der Waals surface area contributed by atoms with E-state index in [9.17, 15) is 4.79 Å². The van der Waals surface area contributed by atoms with Crippen molar-refractivity contribution in [2.75, 3.05) is 5.73 Å². The number of nitrogens with two attached hydrogens (primary N) is 1. The van der Waals surface area contributed by atoms with Gasteiger partial charge in [0.25, 0.3) is 0 Å². The van der Waals surface area contributed by atoms with Gasteiger partial charge in [0.1, 0.15) is 5.60 Å². The molecule has 0 fully saturated rings. The van der Waals surface area contributed by atoms with Gasteiger partial charge in [0.15, 0.2) is 0 Å². The Bertz CT molecular complexity index is 447. The van der Waals surface area contributed by atoms with Crippen LogP contribution in [0.3, 0.4) is 0 Å². The first-order chi connectivity index (χ1) is 7.37. The van der Waals surface area contributed by atoms with Gasteiger partial charge in [0.2, 0.25) is 0 Å². The van der Waals surface area contributed by atoms with Crippen LogP contribution in [-0.2, 0) is 9.53 Å². The van der Waals surface area contributed by atoms with Crippen LogP contribution in [0.2, 0.25) is 0 Å². The van der Waals surface area contributed by atoms with Crippen molar-refractivity contribution in [1.82, 2.24) is 0 Å². The maximum absolute atomic E-state index is 11.3. The average molecular weight is 217 g/mol. The van der Waals surface area contributed by atoms with E-state index in [4.69, 9.17) is 10.5 Å². The molecule has 0 aliphatic carbocycles. The van der Waals surface area contributed by atoms with E-state index in [0.717, 1.165) is 0 Å². The molecule has 0 saturated heterocycles. The van der Waals surface area contributed by atoms with E-state index in [0.29, 0.717) is 11.3 Å². The minimum Gasteiger partial charge on any atom is -0.450 e. The molecular formula is C13H15NO2. The van der Waals surface area contributed by atoms with Crippen molar-refractivity contribution in [2.45, 2.75) is 26.4 Å². The Hall–Kier alpha value is -1.95. The number of hydrogen-bond donors (Lipinski definition) is 1. The van der Waals surface area contributed by atoms with Crippen LogP contribution in [0.15, 0.2) is 24.3 Å². The van der Waals surface area contributed by atoms with Gasteiger partial charge in [-0.1, -0.05) is 12.0 Å². The second-order valence-corrected chi connectivity index (χ2v) is 4.38. The zero-order valence-electron chi connectivity index (χ0n) is 9.70. The van der Waals surface area contributed by atoms with Crippen molar-refractivity contribution < 1.29 is 9.53 Å². The lowest BCUT2D eigenvalue weighted by molar-refractivity contribution is -0.147. The molecular weight excluding hydrogens is 202 g/mol. The van der Waals surface area contributed by atoms with Gasteiger partial charge in [0.05, 0.1) is 0 Å². The molecule has 0 unspecified atom stereocenters. The standard InChI is InChI=1S/C13H15NO2/c1-13(2,3)16-12(15)8-7-10-5-4-6-11(14)9-10/h4-6,9H,14H2,1-3H3. The lowest BCUT2D eigenvalue weighted by atomic mass is 10.2. The number of ether oxygens (including phenoxy) is 1. The van der Waals surface area contributed by atoms with Crippen LogP contribution in [0.4, 0.5) is 5.69 Å². The third kappa shape index (κ3) is 4.52. The van der Waals surface area contributed by atoms with Gasteiger partial charge >= 0.3 is 5.97 Å². The van der Waals surface area contributed by atoms with Crippen LogP contribution in [0, 0.1) is 11.8 Å². The summed E-state index contributed by atoms with van der Waals surface area (Å²) in [5.41, 5.74) is 6.39. The van der Waals surface area contributed by atoms with Gasteiger partial charge in [-0.05, 0) is 39.0 Å². The summed E-state index contributed by atoms with van der Waals surface area (Å²) in [7, 11) is 0. The molecule has 84 valence electrons. The highest BCUT2D eigenvalue weighted by atomic mass is 16.6. The van der Waals surface area contributed by atoms with E-state index in [-0.39, 0.29) is 0 Å². The normalized spacial score (nSPS) is 10.2. The molecule has 0 aliphatic rings. The molecule has 0 spiro atoms. The summed E-state index contributed by atoms with van der Waals surface area (Å²) in [6.45, 7) is 5.40. The molecule has 16 heavy (non-hydrogen) atoms. The SMILES string of the molecule is CC(C)(C)OC(=O)C#Cc1cccc(N)c1. The smallest absolute Gasteiger partial charge is 0.385 e. The Morgan fingerprint density at radius 1 is 1.38 bits per heavy atom. The van der Waals surface area contributed by atoms with Crippen molar-refractivity contribution in [3.63, 3.8) is 0 Å². The second kappa shape index (κ2) is 4.71. The van der Waals surface area contributed by atoms with Crippen LogP contribution in [0.5, 0.6) is 0 Å². The maximum atomic E-state index is 11.3. The number of hydrogen-bond acceptors (Lipinski definition) is 3. The van der Waals surface area contributed by atoms with E-state index in [1.165, 1.54) is 0 Å². The Kier molecular flexibility index (Phi) is 3.57. The van der Waals surface area contributed by atoms with Crippen LogP contribution in [0.25, 0.3) is 0 Å². The van der Waals surface area contributed by atoms with E-state index in [2.05, 4.69) is 11.8 Å². The Morgan fingerprint density at radius 3 is 2.62 bits per heavy atom. The molecule has 0 bridgehead atoms. The van der Waals surface area contributed by atoms with Crippen molar-refractivity contribution in [1.29, 1.82) is 0 Å². The fourth-order valence-corrected chi connectivity index (χ4v) is 1.04. The molecule has 2 N–H and O–H groups in total. The number of carbonyl (C=O) groups excluding carboxylic acids is 1. The first-order valence-electron chi connectivity index (χ1n) is 4.97. The highest BCUT2D eigenvalue weighted by molar-refractivity contribution is 5.89. The highest BCUT2D eigenvalue weighted by Crippen LogP contribution is 2.07. The molecule has 1 aromatic rings. The van der Waals surface area contributed by atoms with Gasteiger partial charge in [-0.2, -0.15) is 0 Å². The Labute approximate surface area is 95.6 Å². The second-order valence-electron chi connectivity index (χ2n) is 4.38. The average Bonchev–Trinajstić information content (AvgIpc) is 2.12. The van der Waals surface area contributed by atoms with Crippen molar-refractivity contribution in [3.8, 4) is 11.8 Å². The van der Waals surface area contributed by atoms with E-state index in [1.807, 2.05) is 0 Å². The van der Waals surface area contributed by atoms with Gasteiger partial charge in [-0.25, -0.2) is 4.79 Å². The number of benzene rings is 1. The van der Waals surface area contributed by atoms with Crippen LogP contribution < -0.4 is 5.73 Å². The number of rotatable bonds is 0. The minimum absolute atomic E-state index is 0.512. The maximum Gasteiger partial charge on any atom is 0.385 e. The third-order valence-electron chi connectivity index (χ3n) is 1.59. The summed E-state index contributed by atoms with van der Waals surface area (Å²) in [5.74, 6) is 4.59. The monoisotopic (exact) mass is 217 g/mol. The van der Waals surface area contributed by atoms with Crippen molar-refractivity contribution in [3.05, 3.63) is 29.8 Å². The largest absolute Gasteiger partial charge is 0.450 e. The zero-order chi connectivity index (χ0) is 12.2. The summed E-state index contributed by atoms with van der Waals surface area (Å²) in [6, 6.07) is 7.04. The molecule has 0 aromatic heterocycles. The summed E-state index contributed by atoms with van der Waals surface area (Å²) in [4.78, 5) is 11.3. The molecule has 1 aromatic carbocycles. The summed E-state index contributed by atoms with van der Waals surface area (Å²) in [6.07, 6.45) is 0. The molecule has 0 aliphatic heterocycles. The summed E-state index contributed by atoms with van der Waals surface area (Å²) in [5, 5.41) is 0. The molecule has 0 radical (unpaired) electrons. The third-order valence-corrected chi connectivity index (χ3v) is 1.59. The summed E-state index contributed by atoms with van der Waals surface area (Å²) < 4.78 is 5.05. The van der Waals surface area contributed by atoms with E-state index >= 15 is 0 Å². The van der Waals surface area contributed by atoms with E-state index < -0.39 is 11.6 Å². The molecule has 0 heterocycles. The predicted molar refractivity (Wildman–Crippen MR) is 63.6 cm³/mol. The molecule has 3 heteroatoms. The molecule has 0 amide bonds. The Balaban J connectivity index is 2.71. The topological polar surface area (TPSA) is 52.3 Å². The van der Waals surface area contributed by atoms with Crippen LogP contribution >= 0.6 is 0 Å². The van der Waals surface area contributed by atoms with Gasteiger partial charge in [0, 0.05) is 17.2 Å². The number of carbonyl (C=O) groups is 1. The predicted octanol–water partition coefficient (Wildman–Crippen LogP) is 1.96. The zero-order valence-corrected chi connectivity index (χ0v) is 9.70. The quantitative estimate of drug-likeness (QED) is 0.410. The van der Waals surface area contributed by atoms with E-state index in [1.54, 1.807) is 45.0 Å². The van der Waals surface area contributed by atoms with Gasteiger partial charge in [-0.3, -0.25) is 0 Å². The molecule has 0 saturated carbocycles. The number of anilines is 1. The molecule has 1 rings (SSSR count). The lowest BCUT2D eigenvalue weighted by Gasteiger charge is -2.16. The fraction of sp³-hybridized carbons (Fsp3) is 0.308. The van der Waals surface area contributed by atoms with Gasteiger partial charge in [-0.15, -0.1) is 0 Å². The number of nitrogen functional groups attached to an aromatic ring is 1. The van der Waals surface area contributed by atoms with Crippen LogP contribution in [0.1, 0.15) is 26.3 Å². The minimum atomic E-state index is -0.532. The Morgan fingerprint density at radius 2 is 2.06 bits per heavy atom. The van der Waals surface area contributed by atoms with Crippen molar-refractivity contribution in [2.24, 2.45) is 0 Å².